The van der Waals surface area contributed by atoms with Gasteiger partial charge in [-0.2, -0.15) is 17.9 Å². The van der Waals surface area contributed by atoms with E-state index in [-0.39, 0.29) is 163 Å². The first-order chi connectivity index (χ1) is 64.2. The fraction of sp³-hybridized carbons (Fsp3) is 0.448. The monoisotopic (exact) mass is 2070 g/mol. The molecule has 46 nitrogen and oxygen atoms in total. The molecule has 18 N–H and O–H groups in total. The van der Waals surface area contributed by atoms with Crippen LogP contribution in [0.3, 0.4) is 0 Å². The summed E-state index contributed by atoms with van der Waals surface area (Å²) in [4.78, 5) is 211. The van der Waals surface area contributed by atoms with Gasteiger partial charge in [0.25, 0.3) is 21.9 Å². The van der Waals surface area contributed by atoms with Crippen LogP contribution in [0, 0.1) is 41.5 Å². The van der Waals surface area contributed by atoms with Crippen LogP contribution in [0.25, 0.3) is 21.8 Å². The van der Waals surface area contributed by atoms with E-state index in [4.69, 9.17) is 0 Å². The number of sulfonamides is 2. The number of amides is 7. The van der Waals surface area contributed by atoms with Crippen LogP contribution in [0.15, 0.2) is 117 Å². The second-order valence-electron chi connectivity index (χ2n) is 33.2. The molecule has 0 spiro atoms. The third-order valence-electron chi connectivity index (χ3n) is 22.3. The topological polar surface area (TPSA) is 655 Å². The second kappa shape index (κ2) is 50.6. The van der Waals surface area contributed by atoms with Crippen molar-refractivity contribution in [3.8, 4) is 0 Å². The Balaban J connectivity index is 0.0000230. The zero-order chi connectivity index (χ0) is 99.6. The van der Waals surface area contributed by atoms with Crippen LogP contribution in [0.5, 0.6) is 0 Å². The molecule has 0 saturated carbocycles. The molecule has 7 amide bonds. The van der Waals surface area contributed by atoms with Crippen LogP contribution in [-0.4, -0.2) is 336 Å². The first kappa shape index (κ1) is 110. The van der Waals surface area contributed by atoms with Crippen molar-refractivity contribution in [1.29, 1.82) is 0 Å². The molecule has 1 fully saturated rings. The Hall–Kier alpha value is -12.4. The summed E-state index contributed by atoms with van der Waals surface area (Å²) >= 11 is 0. The van der Waals surface area contributed by atoms with Crippen LogP contribution in [0.1, 0.15) is 111 Å². The minimum atomic E-state index is -5.21. The number of imidazole rings is 2. The van der Waals surface area contributed by atoms with E-state index in [2.05, 4.69) is 77.2 Å². The van der Waals surface area contributed by atoms with Crippen molar-refractivity contribution in [1.82, 2.24) is 95.3 Å². The number of benzene rings is 4. The summed E-state index contributed by atoms with van der Waals surface area (Å²) in [7, 11) is -14.1. The number of aromatic nitrogens is 6. The molecule has 2 unspecified atom stereocenters. The van der Waals surface area contributed by atoms with Crippen molar-refractivity contribution in [2.45, 2.75) is 154 Å². The van der Waals surface area contributed by atoms with Gasteiger partial charge in [-0.05, 0) is 132 Å². The summed E-state index contributed by atoms with van der Waals surface area (Å²) in [6, 6.07) is 7.24. The molecule has 5 atom stereocenters. The molecule has 1 aliphatic rings. The Morgan fingerprint density at radius 3 is 1.23 bits per heavy atom. The van der Waals surface area contributed by atoms with Gasteiger partial charge in [0.15, 0.2) is 11.9 Å². The quantitative estimate of drug-likeness (QED) is 0.0148. The Morgan fingerprint density at radius 2 is 0.861 bits per heavy atom. The Morgan fingerprint density at radius 1 is 0.474 bits per heavy atom. The van der Waals surface area contributed by atoms with E-state index in [1.54, 1.807) is 114 Å². The number of H-pyrrole nitrogens is 2. The van der Waals surface area contributed by atoms with Crippen molar-refractivity contribution in [2.24, 2.45) is 0 Å². The van der Waals surface area contributed by atoms with E-state index in [0.29, 0.717) is 50.8 Å². The van der Waals surface area contributed by atoms with Crippen LogP contribution in [0.4, 0.5) is 11.9 Å². The Labute approximate surface area is 807 Å². The summed E-state index contributed by atoms with van der Waals surface area (Å²) in [5.74, 6) is -13.8. The molecule has 4 aromatic carbocycles. The van der Waals surface area contributed by atoms with E-state index in [9.17, 15) is 117 Å². The van der Waals surface area contributed by atoms with Crippen molar-refractivity contribution in [3.63, 3.8) is 0 Å². The molecule has 8 aromatic rings. The number of carboxylic acids is 4. The second-order valence-corrected chi connectivity index (χ2v) is 38.0. The normalized spacial score (nSPS) is 14.5. The molecule has 0 bridgehead atoms. The van der Waals surface area contributed by atoms with Gasteiger partial charge in [-0.3, -0.25) is 91.3 Å². The number of rotatable bonds is 48. The zero-order valence-corrected chi connectivity index (χ0v) is 78.7. The number of pyridine rings is 2. The zero-order valence-electron chi connectivity index (χ0n) is 76.2. The minimum absolute atomic E-state index is 0. The van der Waals surface area contributed by atoms with Gasteiger partial charge in [0.2, 0.25) is 60.4 Å². The van der Waals surface area contributed by atoms with Crippen LogP contribution in [0.2, 0.25) is 0 Å². The third kappa shape index (κ3) is 32.9. The fourth-order valence-electron chi connectivity index (χ4n) is 15.8. The van der Waals surface area contributed by atoms with E-state index >= 15 is 0 Å². The molecule has 0 aliphatic carbocycles. The number of fused-ring (bicyclic) bond motifs is 2. The number of aromatic amines is 2. The SMILES string of the molecule is CC[C@H](NC(=O)CC[C@H](NC(=O)CN1CCN(CC(=O)O)CCN(CC(=O)O)CCN(CC(=O)O)CC1)C(=O)N[C@@H](CS(=O)(=O)O)C(=O)NCCCn1cc(C(=O)NCC(NS(=O)(=O)c2c(C)cc(C)cc2C)C(C)=O)c(=O)c2ccc(CNc3ncc[nH]3)cc21)C(=O)NCCCn1cc(C(=O)NCC(NS(=O)(=O)c2c(C)cc(C)cc2C)C(=O)O)c(=O)c2ccc(CNc3ncc[nH]3)cc21.[InH3]. The van der Waals surface area contributed by atoms with Gasteiger partial charge in [-0.1, -0.05) is 54.4 Å². The van der Waals surface area contributed by atoms with Crippen LogP contribution in [-0.2, 0) is 104 Å². The molecule has 1 aliphatic heterocycles. The molecule has 50 heteroatoms. The molecule has 4 aromatic heterocycles. The average Bonchev–Trinajstić information content (AvgIpc) is 0.874. The number of aliphatic carboxylic acids is 4. The van der Waals surface area contributed by atoms with Crippen LogP contribution >= 0.6 is 0 Å². The van der Waals surface area contributed by atoms with E-state index < -0.39 is 211 Å². The average molecular weight is 2070 g/mol. The number of hydrogen-bond donors (Lipinski definition) is 18. The van der Waals surface area contributed by atoms with Gasteiger partial charge < -0.3 is 87.4 Å². The standard InChI is InChI=1S/C87H115N21O25S3.In.3H/c1-9-64(82(122)88-18-10-24-107-45-63(77(119)61-15-13-59(39-70(61)107)41-97-87-92-22-23-93-87)81(121)95-43-67(85(125)126)102-136(132,133)79-55(6)36-52(3)37-56(79)7)98-71(110)17-16-65(99-72(111)46-103-26-28-104(47-73(112)113)30-32-106(49-75(116)117)33-31-105(29-27-103)48-74(114)115)84(124)100-68(50-134(127,128)129)83(123)89-19-11-25-108-44-62(76(118)60-14-12-58(38-69(60)108)40-96-86-90-20-21-91-86)80(120)94-42-66(57(8)109)101-135(130,131)78-53(4)34-51(2)35-54(78)5;;;;/h12-15,20-23,34-39,44-45,64-68,101-102H,9-11,16-19,24-33,40-43,46-50H2,1-8H3,(H,88,122)(H,89,123)(H,94,120)(H,95,121)(H,98,110)(H,99,111)(H,100,124)(H,112,113)(H,114,115)(H,116,117)(H,125,126)(H2,90,91,96)(H2,92,93,97)(H,127,128,129);;;;/t64-,65-,66?,67?,68-;;;;/m0..../s1. The molecular weight excluding hydrogens is 1950 g/mol. The number of hydrogen-bond acceptors (Lipinski definition) is 28. The van der Waals surface area contributed by atoms with Crippen molar-refractivity contribution < 1.29 is 108 Å². The maximum absolute atomic E-state index is 14.9. The molecular formula is C87H118InN21O25S3. The first-order valence-electron chi connectivity index (χ1n) is 43.5. The van der Waals surface area contributed by atoms with Crippen molar-refractivity contribution >= 4 is 161 Å². The molecule has 9 rings (SSSR count). The number of anilines is 2. The molecule has 742 valence electrons. The summed E-state index contributed by atoms with van der Waals surface area (Å²) in [5.41, 5.74) is 2.41. The molecule has 137 heavy (non-hydrogen) atoms. The van der Waals surface area contributed by atoms with Crippen molar-refractivity contribution in [3.05, 3.63) is 174 Å². The number of carbonyl (C=O) groups excluding carboxylic acids is 8. The Kier molecular flexibility index (Phi) is 40.6. The fourth-order valence-corrected chi connectivity index (χ4v) is 19.8. The number of nitrogens with one attached hydrogen (secondary N) is 13. The predicted molar refractivity (Wildman–Crippen MR) is 506 cm³/mol. The van der Waals surface area contributed by atoms with Gasteiger partial charge in [-0.15, -0.1) is 0 Å². The summed E-state index contributed by atoms with van der Waals surface area (Å²) in [5, 5.41) is 63.5. The van der Waals surface area contributed by atoms with Gasteiger partial charge in [0, 0.05) is 159 Å². The van der Waals surface area contributed by atoms with E-state index in [1.807, 2.05) is 0 Å². The Bertz CT molecular complexity index is 6170. The molecule has 0 radical (unpaired) electrons. The number of aryl methyl sites for hydroxylation is 8. The molecule has 5 heterocycles. The predicted octanol–water partition coefficient (Wildman–Crippen LogP) is -1.80. The van der Waals surface area contributed by atoms with Gasteiger partial charge in [-0.25, -0.2) is 26.8 Å². The molecule has 1 saturated heterocycles. The number of carboxylic acid groups (broad SMARTS) is 4. The van der Waals surface area contributed by atoms with E-state index in [0.717, 1.165) is 18.1 Å². The summed E-state index contributed by atoms with van der Waals surface area (Å²) < 4.78 is 98.6. The summed E-state index contributed by atoms with van der Waals surface area (Å²) in [6.07, 6.45) is 7.23. The van der Waals surface area contributed by atoms with Gasteiger partial charge in [0.1, 0.15) is 46.8 Å². The number of ketones is 1. The first-order valence-corrected chi connectivity index (χ1v) is 48.1. The number of carbonyl (C=O) groups is 12. The van der Waals surface area contributed by atoms with Crippen LogP contribution < -0.4 is 68.2 Å². The van der Waals surface area contributed by atoms with Crippen molar-refractivity contribution in [2.75, 3.05) is 121 Å². The maximum atomic E-state index is 14.9. The van der Waals surface area contributed by atoms with Gasteiger partial charge in [0.05, 0.1) is 53.0 Å². The summed E-state index contributed by atoms with van der Waals surface area (Å²) in [6.45, 7) is 8.45. The number of nitrogens with zero attached hydrogens (tertiary/aromatic N) is 8. The van der Waals surface area contributed by atoms with Gasteiger partial charge >= 0.3 is 49.7 Å². The third-order valence-corrected chi connectivity index (χ3v) is 26.6. The number of Topliss-reactive ketones (excluding diaryl/α,β-unsaturated/α-hetero) is 1. The van der Waals surface area contributed by atoms with E-state index in [1.165, 1.54) is 61.1 Å².